The van der Waals surface area contributed by atoms with Crippen molar-refractivity contribution in [1.82, 2.24) is 0 Å². The molecule has 5 aliphatic rings. The second kappa shape index (κ2) is 1.90. The number of hydrogen-bond acceptors (Lipinski definition) is 4. The van der Waals surface area contributed by atoms with Crippen molar-refractivity contribution in [3.63, 3.8) is 0 Å². The first-order valence-corrected chi connectivity index (χ1v) is 5.17. The molecule has 4 heteroatoms. The lowest BCUT2D eigenvalue weighted by Gasteiger charge is -2.65. The molecule has 0 aromatic rings. The summed E-state index contributed by atoms with van der Waals surface area (Å²) in [5, 5.41) is 0.0238. The molecule has 0 N–H and O–H groups in total. The summed E-state index contributed by atoms with van der Waals surface area (Å²) in [6.45, 7) is 1.50. The van der Waals surface area contributed by atoms with E-state index in [0.29, 0.717) is 5.92 Å². The topological polar surface area (TPSA) is 51.2 Å². The summed E-state index contributed by atoms with van der Waals surface area (Å²) >= 11 is 1.22. The Kier molecular flexibility index (Phi) is 1.13. The van der Waals surface area contributed by atoms with Gasteiger partial charge in [0, 0.05) is 23.5 Å². The fourth-order valence-corrected chi connectivity index (χ4v) is 4.73. The van der Waals surface area contributed by atoms with Crippen molar-refractivity contribution in [2.24, 2.45) is 17.8 Å². The maximum absolute atomic E-state index is 11.3. The molecule has 68 valence electrons. The molecule has 0 saturated heterocycles. The van der Waals surface area contributed by atoms with Crippen LogP contribution in [-0.4, -0.2) is 21.4 Å². The highest BCUT2D eigenvalue weighted by Gasteiger charge is 2.84. The Morgan fingerprint density at radius 3 is 2.23 bits per heavy atom. The smallest absolute Gasteiger partial charge is 0.203 e. The van der Waals surface area contributed by atoms with E-state index in [1.54, 1.807) is 0 Å². The van der Waals surface area contributed by atoms with E-state index < -0.39 is 0 Å². The van der Waals surface area contributed by atoms with Gasteiger partial charge in [0.1, 0.15) is 0 Å². The van der Waals surface area contributed by atoms with Gasteiger partial charge in [-0.05, 0) is 12.3 Å². The van der Waals surface area contributed by atoms with Crippen molar-refractivity contribution >= 4 is 28.4 Å². The molecule has 5 rings (SSSR count). The van der Waals surface area contributed by atoms with Crippen LogP contribution in [0.4, 0.5) is 0 Å². The summed E-state index contributed by atoms with van der Waals surface area (Å²) in [7, 11) is 0. The molecule has 4 atom stereocenters. The predicted octanol–water partition coefficient (Wildman–Crippen LogP) is 0.423. The zero-order valence-electron chi connectivity index (χ0n) is 7.07. The van der Waals surface area contributed by atoms with Crippen molar-refractivity contribution in [3.8, 4) is 0 Å². The van der Waals surface area contributed by atoms with E-state index in [-0.39, 0.29) is 33.3 Å². The van der Waals surface area contributed by atoms with Crippen LogP contribution in [0.5, 0.6) is 0 Å². The molecule has 4 bridgehead atoms. The number of Topliss-reactive ketones (excluding diaryl/α,β-unsaturated/α-hetero) is 2. The molecule has 2 unspecified atom stereocenters. The second-order valence-corrected chi connectivity index (χ2v) is 5.64. The number of carbonyl (C=O) groups excluding carboxylic acids is 3. The molecule has 0 spiro atoms. The van der Waals surface area contributed by atoms with Gasteiger partial charge in [-0.3, -0.25) is 14.4 Å². The van der Waals surface area contributed by atoms with Gasteiger partial charge in [0.25, 0.3) is 0 Å². The van der Waals surface area contributed by atoms with Gasteiger partial charge >= 0.3 is 0 Å². The number of rotatable bonds is 1. The van der Waals surface area contributed by atoms with Gasteiger partial charge in [0.2, 0.25) is 11.6 Å². The van der Waals surface area contributed by atoms with E-state index in [2.05, 4.69) is 0 Å². The lowest BCUT2D eigenvalue weighted by atomic mass is 9.45. The summed E-state index contributed by atoms with van der Waals surface area (Å²) < 4.78 is -0.273. The first-order chi connectivity index (χ1) is 6.08. The predicted molar refractivity (Wildman–Crippen MR) is 46.1 cm³/mol. The second-order valence-electron chi connectivity index (χ2n) is 4.10. The third-order valence-electron chi connectivity index (χ3n) is 3.61. The summed E-state index contributed by atoms with van der Waals surface area (Å²) in [5.41, 5.74) is 0. The normalized spacial score (nSPS) is 50.1. The van der Waals surface area contributed by atoms with Crippen molar-refractivity contribution in [1.29, 1.82) is 0 Å². The van der Waals surface area contributed by atoms with E-state index >= 15 is 0 Å². The molecule has 0 radical (unpaired) electrons. The Morgan fingerprint density at radius 1 is 1.38 bits per heavy atom. The van der Waals surface area contributed by atoms with Crippen LogP contribution in [0.3, 0.4) is 0 Å². The minimum Gasteiger partial charge on any atom is -0.290 e. The molecule has 0 aliphatic heterocycles. The third kappa shape index (κ3) is 0.582. The van der Waals surface area contributed by atoms with Gasteiger partial charge < -0.3 is 0 Å². The monoisotopic (exact) mass is 196 g/mol. The summed E-state index contributed by atoms with van der Waals surface area (Å²) in [6.07, 6.45) is 0.893. The van der Waals surface area contributed by atoms with Crippen molar-refractivity contribution in [3.05, 3.63) is 0 Å². The van der Waals surface area contributed by atoms with Crippen LogP contribution in [-0.2, 0) is 14.4 Å². The average molecular weight is 196 g/mol. The van der Waals surface area contributed by atoms with E-state index in [1.807, 2.05) is 0 Å². The van der Waals surface area contributed by atoms with E-state index in [4.69, 9.17) is 0 Å². The maximum atomic E-state index is 11.3. The molecule has 3 nitrogen and oxygen atoms in total. The Balaban J connectivity index is 1.95. The van der Waals surface area contributed by atoms with Crippen LogP contribution in [0, 0.1) is 17.8 Å². The van der Waals surface area contributed by atoms with Gasteiger partial charge in [-0.2, -0.15) is 0 Å². The number of thioether (sulfide) groups is 1. The van der Waals surface area contributed by atoms with E-state index in [9.17, 15) is 14.4 Å². The largest absolute Gasteiger partial charge is 0.290 e. The standard InChI is InChI=1S/C9H8O3S/c1-3(10)13-9-2-4-5(9)7(11)8(12)6(4)9/h4-6H,2H2,1H3/t4?,5-,6+,9?. The van der Waals surface area contributed by atoms with E-state index in [0.717, 1.165) is 6.42 Å². The molecule has 5 aliphatic carbocycles. The Morgan fingerprint density at radius 2 is 1.92 bits per heavy atom. The van der Waals surface area contributed by atoms with Crippen molar-refractivity contribution in [2.75, 3.05) is 0 Å². The van der Waals surface area contributed by atoms with Crippen LogP contribution in [0.25, 0.3) is 0 Å². The van der Waals surface area contributed by atoms with Crippen LogP contribution < -0.4 is 0 Å². The molecule has 0 heterocycles. The molecule has 0 aromatic heterocycles. The average Bonchev–Trinajstić information content (AvgIpc) is 2.25. The Hall–Kier alpha value is -0.640. The number of ketones is 2. The quantitative estimate of drug-likeness (QED) is 0.570. The summed E-state index contributed by atoms with van der Waals surface area (Å²) in [5.74, 6) is -0.324. The van der Waals surface area contributed by atoms with Gasteiger partial charge in [-0.1, -0.05) is 11.8 Å². The first kappa shape index (κ1) is 7.74. The Labute approximate surface area is 79.2 Å². The van der Waals surface area contributed by atoms with Gasteiger partial charge in [0.05, 0.1) is 0 Å². The van der Waals surface area contributed by atoms with Gasteiger partial charge in [-0.25, -0.2) is 0 Å². The number of carbonyl (C=O) groups is 3. The molecule has 5 fully saturated rings. The summed E-state index contributed by atoms with van der Waals surface area (Å²) in [4.78, 5) is 33.5. The van der Waals surface area contributed by atoms with Gasteiger partial charge in [-0.15, -0.1) is 0 Å². The third-order valence-corrected chi connectivity index (χ3v) is 4.95. The van der Waals surface area contributed by atoms with Gasteiger partial charge in [0.15, 0.2) is 5.12 Å². The minimum atomic E-state index is -0.273. The zero-order valence-corrected chi connectivity index (χ0v) is 7.89. The highest BCUT2D eigenvalue weighted by Crippen LogP contribution is 2.77. The molecule has 0 aromatic carbocycles. The fraction of sp³-hybridized carbons (Fsp3) is 0.667. The maximum Gasteiger partial charge on any atom is 0.203 e. The molecule has 5 saturated carbocycles. The first-order valence-electron chi connectivity index (χ1n) is 4.35. The highest BCUT2D eigenvalue weighted by molar-refractivity contribution is 8.15. The van der Waals surface area contributed by atoms with Crippen LogP contribution in [0.2, 0.25) is 0 Å². The van der Waals surface area contributed by atoms with Crippen LogP contribution in [0.1, 0.15) is 13.3 Å². The highest BCUT2D eigenvalue weighted by atomic mass is 32.2. The lowest BCUT2D eigenvalue weighted by Crippen LogP contribution is -2.69. The molecule has 0 amide bonds. The zero-order chi connectivity index (χ0) is 9.38. The SMILES string of the molecule is CC(=O)SC12CC3[C@H]1C(=O)C(=O)[C@@H]32. The van der Waals surface area contributed by atoms with E-state index in [1.165, 1.54) is 18.7 Å². The van der Waals surface area contributed by atoms with Crippen LogP contribution in [0.15, 0.2) is 0 Å². The van der Waals surface area contributed by atoms with Crippen molar-refractivity contribution < 1.29 is 14.4 Å². The molecule has 13 heavy (non-hydrogen) atoms. The van der Waals surface area contributed by atoms with Crippen molar-refractivity contribution in [2.45, 2.75) is 18.1 Å². The van der Waals surface area contributed by atoms with Crippen LogP contribution >= 0.6 is 11.8 Å². The summed E-state index contributed by atoms with van der Waals surface area (Å²) in [6, 6.07) is 0. The number of hydrogen-bond donors (Lipinski definition) is 0. The molecular formula is C9H8O3S. The molecular weight excluding hydrogens is 188 g/mol. The lowest BCUT2D eigenvalue weighted by molar-refractivity contribution is -0.134. The Bertz CT molecular complexity index is 338. The fourth-order valence-electron chi connectivity index (χ4n) is 3.10. The number of fused-ring (bicyclic) bond motifs is 1. The minimum absolute atomic E-state index is 0.0238.